The molecule has 0 saturated carbocycles. The van der Waals surface area contributed by atoms with E-state index in [2.05, 4.69) is 32.9 Å². The number of halogens is 3. The predicted octanol–water partition coefficient (Wildman–Crippen LogP) is 8.48. The van der Waals surface area contributed by atoms with Gasteiger partial charge in [0.2, 0.25) is 0 Å². The van der Waals surface area contributed by atoms with Crippen LogP contribution in [0.5, 0.6) is 0 Å². The van der Waals surface area contributed by atoms with E-state index in [-0.39, 0.29) is 23.8 Å². The fourth-order valence-electron chi connectivity index (χ4n) is 7.69. The molecule has 7 aromatic rings. The summed E-state index contributed by atoms with van der Waals surface area (Å²) >= 11 is 2.31. The summed E-state index contributed by atoms with van der Waals surface area (Å²) in [6.07, 6.45) is -1.60. The largest absolute Gasteiger partial charge is 0.371 e. The van der Waals surface area contributed by atoms with Crippen LogP contribution in [0.3, 0.4) is 0 Å². The van der Waals surface area contributed by atoms with Crippen molar-refractivity contribution in [2.75, 3.05) is 4.43 Å². The number of hydrogen-bond acceptors (Lipinski definition) is 5. The van der Waals surface area contributed by atoms with Gasteiger partial charge in [-0.25, -0.2) is 8.78 Å². The molecule has 256 valence electrons. The number of H-pyrrole nitrogens is 1. The summed E-state index contributed by atoms with van der Waals surface area (Å²) in [5, 5.41) is 4.12. The number of aromatic amines is 1. The molecule has 1 saturated heterocycles. The molecule has 51 heavy (non-hydrogen) atoms. The van der Waals surface area contributed by atoms with E-state index in [0.717, 1.165) is 11.1 Å². The fourth-order valence-corrected chi connectivity index (χ4v) is 8.26. The van der Waals surface area contributed by atoms with Gasteiger partial charge in [0.25, 0.3) is 11.8 Å². The lowest BCUT2D eigenvalue weighted by molar-refractivity contribution is -0.224. The number of benzene rings is 5. The Kier molecular flexibility index (Phi) is 8.10. The maximum absolute atomic E-state index is 15.2. The minimum absolute atomic E-state index is 0.113. The summed E-state index contributed by atoms with van der Waals surface area (Å²) in [4.78, 5) is 30.6. The summed E-state index contributed by atoms with van der Waals surface area (Å²) < 4.78 is 53.0. The van der Waals surface area contributed by atoms with Crippen molar-refractivity contribution in [3.63, 3.8) is 0 Å². The van der Waals surface area contributed by atoms with Gasteiger partial charge in [-0.3, -0.25) is 14.9 Å². The van der Waals surface area contributed by atoms with Crippen molar-refractivity contribution in [1.82, 2.24) is 14.9 Å². The van der Waals surface area contributed by atoms with Crippen LogP contribution in [0.15, 0.2) is 97.1 Å². The second-order valence-corrected chi connectivity index (χ2v) is 13.9. The van der Waals surface area contributed by atoms with Crippen molar-refractivity contribution in [3.05, 3.63) is 131 Å². The van der Waals surface area contributed by atoms with Crippen LogP contribution in [0.2, 0.25) is 0 Å². The van der Waals surface area contributed by atoms with Gasteiger partial charge in [0.1, 0.15) is 17.7 Å². The second kappa shape index (κ2) is 12.8. The van der Waals surface area contributed by atoms with Gasteiger partial charge in [0.15, 0.2) is 6.23 Å². The summed E-state index contributed by atoms with van der Waals surface area (Å²) in [7, 11) is 0. The first kappa shape index (κ1) is 32.2. The van der Waals surface area contributed by atoms with E-state index < -0.39 is 41.9 Å². The van der Waals surface area contributed by atoms with Crippen LogP contribution >= 0.6 is 22.6 Å². The summed E-state index contributed by atoms with van der Waals surface area (Å²) in [6, 6.07) is 28.4. The zero-order valence-electron chi connectivity index (χ0n) is 27.0. The average molecular weight is 798 g/mol. The number of carbonyl (C=O) groups is 2. The van der Waals surface area contributed by atoms with Crippen molar-refractivity contribution in [3.8, 4) is 0 Å². The molecule has 2 N–H and O–H groups in total. The molecule has 0 bridgehead atoms. The van der Waals surface area contributed by atoms with Crippen molar-refractivity contribution in [2.24, 2.45) is 0 Å². The van der Waals surface area contributed by atoms with Crippen LogP contribution in [0.1, 0.15) is 44.5 Å². The summed E-state index contributed by atoms with van der Waals surface area (Å²) in [6.45, 7) is 0.619. The van der Waals surface area contributed by atoms with Crippen molar-refractivity contribution in [2.45, 2.75) is 44.2 Å². The number of aromatic nitrogens is 2. The first-order chi connectivity index (χ1) is 24.9. The van der Waals surface area contributed by atoms with Gasteiger partial charge < -0.3 is 23.8 Å². The molecule has 0 spiro atoms. The molecule has 11 heteroatoms. The van der Waals surface area contributed by atoms with Crippen LogP contribution in [0, 0.1) is 11.6 Å². The fraction of sp³-hybridized carbons (Fsp3) is 0.200. The highest BCUT2D eigenvalue weighted by Gasteiger charge is 2.44. The number of alkyl halides is 1. The van der Waals surface area contributed by atoms with Crippen molar-refractivity contribution in [1.29, 1.82) is 0 Å². The number of imide groups is 1. The third-order valence-corrected chi connectivity index (χ3v) is 10.9. The number of fused-ring (bicyclic) bond motifs is 10. The van der Waals surface area contributed by atoms with Gasteiger partial charge in [-0.1, -0.05) is 83.3 Å². The smallest absolute Gasteiger partial charge is 0.259 e. The van der Waals surface area contributed by atoms with Gasteiger partial charge in [0.05, 0.1) is 53.1 Å². The summed E-state index contributed by atoms with van der Waals surface area (Å²) in [5.74, 6) is -2.19. The van der Waals surface area contributed by atoms with Gasteiger partial charge in [0, 0.05) is 37.9 Å². The molecule has 4 atom stereocenters. The Morgan fingerprint density at radius 2 is 1.41 bits per heavy atom. The predicted molar refractivity (Wildman–Crippen MR) is 198 cm³/mol. The van der Waals surface area contributed by atoms with E-state index in [1.165, 1.54) is 24.3 Å². The molecule has 2 aromatic heterocycles. The molecule has 2 amide bonds. The molecule has 0 unspecified atom stereocenters. The van der Waals surface area contributed by atoms with Crippen LogP contribution < -0.4 is 5.32 Å². The molecule has 2 aliphatic heterocycles. The maximum atomic E-state index is 15.2. The van der Waals surface area contributed by atoms with E-state index in [1.54, 1.807) is 12.1 Å². The summed E-state index contributed by atoms with van der Waals surface area (Å²) in [5.41, 5.74) is 4.37. The molecule has 5 aromatic carbocycles. The minimum atomic E-state index is -0.821. The number of nitrogens with zero attached hydrogens (tertiary/aromatic N) is 1. The normalized spacial score (nSPS) is 20.5. The highest BCUT2D eigenvalue weighted by molar-refractivity contribution is 14.1. The molecule has 0 radical (unpaired) electrons. The molecule has 8 nitrogen and oxygen atoms in total. The highest BCUT2D eigenvalue weighted by Crippen LogP contribution is 2.47. The lowest BCUT2D eigenvalue weighted by Gasteiger charge is -2.42. The van der Waals surface area contributed by atoms with E-state index >= 15 is 4.39 Å². The van der Waals surface area contributed by atoms with Gasteiger partial charge in [-0.2, -0.15) is 0 Å². The molecular weight excluding hydrogens is 767 g/mol. The molecule has 2 aliphatic rings. The lowest BCUT2D eigenvalue weighted by atomic mass is 9.96. The number of carbonyl (C=O) groups excluding carboxylic acids is 2. The van der Waals surface area contributed by atoms with E-state index in [4.69, 9.17) is 14.2 Å². The number of hydrogen-bond donors (Lipinski definition) is 2. The Morgan fingerprint density at radius 1 is 0.784 bits per heavy atom. The van der Waals surface area contributed by atoms with Crippen molar-refractivity contribution < 1.29 is 32.6 Å². The second-order valence-electron chi connectivity index (χ2n) is 13.0. The number of nitrogens with one attached hydrogen (secondary N) is 2. The Morgan fingerprint density at radius 3 is 2.10 bits per heavy atom. The Bertz CT molecular complexity index is 2500. The molecule has 1 fully saturated rings. The average Bonchev–Trinajstić information content (AvgIpc) is 3.78. The SMILES string of the molecule is O=C1NC(=O)c2c1c1c3cc(F)ccc3[nH]c1c1c2c2cc(F)ccc2n1[C@@H]1O[C@H](CI)C[C@H](OCc2ccccc2)[C@H]1OCc1ccccc1. The quantitative estimate of drug-likeness (QED) is 0.0915. The molecule has 4 heterocycles. The standard InChI is InChI=1S/C40H30F2IN3O5/c41-23-11-13-28-26(15-23)31-33-34(39(48)45-38(33)47)32-27-16-24(42)12-14-29(27)46(36(32)35(31)44-28)40-37(50-20-22-9-5-2-6-10-22)30(17-25(18-43)51-40)49-19-21-7-3-1-4-8-21/h1-16,25,30,37,40,44H,17-20H2,(H,45,47,48)/t25-,30-,37+,40+/m0/s1. The van der Waals surface area contributed by atoms with Gasteiger partial charge in [-0.15, -0.1) is 0 Å². The topological polar surface area (TPSA) is 94.6 Å². The first-order valence-electron chi connectivity index (χ1n) is 16.7. The van der Waals surface area contributed by atoms with E-state index in [9.17, 15) is 14.0 Å². The third-order valence-electron chi connectivity index (χ3n) is 9.89. The lowest BCUT2D eigenvalue weighted by Crippen LogP contribution is -2.48. The van der Waals surface area contributed by atoms with E-state index in [1.807, 2.05) is 65.2 Å². The number of rotatable bonds is 8. The number of amides is 2. The van der Waals surface area contributed by atoms with E-state index in [0.29, 0.717) is 61.1 Å². The zero-order valence-corrected chi connectivity index (χ0v) is 29.2. The maximum Gasteiger partial charge on any atom is 0.259 e. The monoisotopic (exact) mass is 797 g/mol. The van der Waals surface area contributed by atoms with Crippen LogP contribution in [-0.4, -0.2) is 44.1 Å². The Labute approximate surface area is 303 Å². The molecule has 9 rings (SSSR count). The molecule has 0 aliphatic carbocycles. The van der Waals surface area contributed by atoms with Crippen molar-refractivity contribution >= 4 is 78.0 Å². The minimum Gasteiger partial charge on any atom is -0.371 e. The van der Waals surface area contributed by atoms with Gasteiger partial charge >= 0.3 is 0 Å². The van der Waals surface area contributed by atoms with Crippen LogP contribution in [0.4, 0.5) is 8.78 Å². The van der Waals surface area contributed by atoms with Crippen LogP contribution in [0.25, 0.3) is 43.6 Å². The molecular formula is C40H30F2IN3O5. The first-order valence-corrected chi connectivity index (χ1v) is 18.2. The highest BCUT2D eigenvalue weighted by atomic mass is 127. The van der Waals surface area contributed by atoms with Gasteiger partial charge in [-0.05, 0) is 47.5 Å². The third kappa shape index (κ3) is 5.41. The zero-order chi connectivity index (χ0) is 34.8. The van der Waals surface area contributed by atoms with Crippen LogP contribution in [-0.2, 0) is 27.4 Å². The Balaban J connectivity index is 1.32. The number of ether oxygens (including phenoxy) is 3. The Hall–Kier alpha value is -4.69.